The molecule has 8 heteroatoms. The Kier molecular flexibility index (Phi) is 5.85. The van der Waals surface area contributed by atoms with Gasteiger partial charge >= 0.3 is 0 Å². The van der Waals surface area contributed by atoms with Gasteiger partial charge in [0, 0.05) is 36.4 Å². The van der Waals surface area contributed by atoms with Crippen molar-refractivity contribution in [1.82, 2.24) is 19.9 Å². The van der Waals surface area contributed by atoms with Gasteiger partial charge in [-0.05, 0) is 24.6 Å². The molecule has 0 spiro atoms. The number of aromatic nitrogens is 3. The molecule has 0 aliphatic heterocycles. The van der Waals surface area contributed by atoms with Gasteiger partial charge in [-0.1, -0.05) is 0 Å². The summed E-state index contributed by atoms with van der Waals surface area (Å²) in [5.74, 6) is 1.12. The molecule has 1 aromatic carbocycles. The zero-order chi connectivity index (χ0) is 18.4. The summed E-state index contributed by atoms with van der Waals surface area (Å²) >= 11 is 1.42. The predicted molar refractivity (Wildman–Crippen MR) is 99.8 cm³/mol. The van der Waals surface area contributed by atoms with Crippen molar-refractivity contribution in [3.8, 4) is 22.1 Å². The van der Waals surface area contributed by atoms with Crippen molar-refractivity contribution in [2.75, 3.05) is 20.8 Å². The van der Waals surface area contributed by atoms with Gasteiger partial charge in [0.05, 0.1) is 20.5 Å². The highest BCUT2D eigenvalue weighted by Gasteiger charge is 2.13. The zero-order valence-corrected chi connectivity index (χ0v) is 15.5. The van der Waals surface area contributed by atoms with Crippen LogP contribution in [0.5, 0.6) is 11.5 Å². The number of ether oxygens (including phenoxy) is 2. The highest BCUT2D eigenvalue weighted by Crippen LogP contribution is 2.33. The number of carbonyl (C=O) groups excluding carboxylic acids is 1. The maximum Gasteiger partial charge on any atom is 0.270 e. The number of nitrogens with one attached hydrogen (secondary N) is 1. The van der Waals surface area contributed by atoms with Gasteiger partial charge in [0.15, 0.2) is 11.5 Å². The van der Waals surface area contributed by atoms with Crippen molar-refractivity contribution < 1.29 is 14.3 Å². The minimum absolute atomic E-state index is 0.168. The molecule has 1 amide bonds. The maximum atomic E-state index is 12.2. The molecule has 0 unspecified atom stereocenters. The lowest BCUT2D eigenvalue weighted by Gasteiger charge is -2.08. The zero-order valence-electron chi connectivity index (χ0n) is 14.6. The van der Waals surface area contributed by atoms with E-state index >= 15 is 0 Å². The number of thiazole rings is 1. The summed E-state index contributed by atoms with van der Waals surface area (Å²) in [6, 6.07) is 5.57. The summed E-state index contributed by atoms with van der Waals surface area (Å²) in [5, 5.41) is 5.41. The minimum Gasteiger partial charge on any atom is -0.493 e. The Morgan fingerprint density at radius 1 is 1.27 bits per heavy atom. The van der Waals surface area contributed by atoms with Gasteiger partial charge in [0.25, 0.3) is 5.91 Å². The summed E-state index contributed by atoms with van der Waals surface area (Å²) in [6.45, 7) is 1.40. The van der Waals surface area contributed by atoms with Crippen molar-refractivity contribution in [2.45, 2.75) is 13.0 Å². The Labute approximate surface area is 155 Å². The van der Waals surface area contributed by atoms with E-state index < -0.39 is 0 Å². The fraction of sp³-hybridized carbons (Fsp3) is 0.278. The second kappa shape index (κ2) is 8.48. The topological polar surface area (TPSA) is 78.3 Å². The molecule has 2 heterocycles. The molecule has 0 aliphatic carbocycles. The van der Waals surface area contributed by atoms with Crippen LogP contribution >= 0.6 is 11.3 Å². The van der Waals surface area contributed by atoms with Crippen LogP contribution in [0.1, 0.15) is 16.9 Å². The standard InChI is InChI=1S/C18H20N4O3S/c1-24-15-5-4-13(10-16(15)25-2)18-21-14(11-26-18)17(23)20-6-3-8-22-9-7-19-12-22/h4-5,7,9-12H,3,6,8H2,1-2H3,(H,20,23). The van der Waals surface area contributed by atoms with Gasteiger partial charge < -0.3 is 19.4 Å². The minimum atomic E-state index is -0.168. The Bertz CT molecular complexity index is 861. The predicted octanol–water partition coefficient (Wildman–Crippen LogP) is 2.84. The normalized spacial score (nSPS) is 10.5. The fourth-order valence-electron chi connectivity index (χ4n) is 2.45. The first-order valence-corrected chi connectivity index (χ1v) is 9.01. The smallest absolute Gasteiger partial charge is 0.270 e. The van der Waals surface area contributed by atoms with E-state index in [0.717, 1.165) is 23.5 Å². The number of imidazole rings is 1. The molecule has 26 heavy (non-hydrogen) atoms. The lowest BCUT2D eigenvalue weighted by atomic mass is 10.2. The average molecular weight is 372 g/mol. The SMILES string of the molecule is COc1ccc(-c2nc(C(=O)NCCCn3ccnc3)cs2)cc1OC. The van der Waals surface area contributed by atoms with Crippen LogP contribution in [0.25, 0.3) is 10.6 Å². The van der Waals surface area contributed by atoms with E-state index in [-0.39, 0.29) is 5.91 Å². The van der Waals surface area contributed by atoms with Crippen LogP contribution in [0.3, 0.4) is 0 Å². The van der Waals surface area contributed by atoms with Crippen LogP contribution in [-0.4, -0.2) is 41.2 Å². The molecule has 1 N–H and O–H groups in total. The molecule has 0 bridgehead atoms. The van der Waals surface area contributed by atoms with Gasteiger partial charge in [-0.2, -0.15) is 0 Å². The molecular weight excluding hydrogens is 352 g/mol. The summed E-state index contributed by atoms with van der Waals surface area (Å²) in [7, 11) is 3.18. The Morgan fingerprint density at radius 2 is 2.12 bits per heavy atom. The van der Waals surface area contributed by atoms with Crippen LogP contribution < -0.4 is 14.8 Å². The van der Waals surface area contributed by atoms with Crippen LogP contribution in [-0.2, 0) is 6.54 Å². The number of carbonyl (C=O) groups is 1. The van der Waals surface area contributed by atoms with E-state index in [1.165, 1.54) is 11.3 Å². The quantitative estimate of drug-likeness (QED) is 0.615. The van der Waals surface area contributed by atoms with Crippen molar-refractivity contribution in [2.24, 2.45) is 0 Å². The summed E-state index contributed by atoms with van der Waals surface area (Å²) < 4.78 is 12.5. The van der Waals surface area contributed by atoms with Crippen molar-refractivity contribution >= 4 is 17.2 Å². The first-order valence-electron chi connectivity index (χ1n) is 8.13. The Hall–Kier alpha value is -2.87. The maximum absolute atomic E-state index is 12.2. The van der Waals surface area contributed by atoms with E-state index in [1.54, 1.807) is 32.1 Å². The number of benzene rings is 1. The Morgan fingerprint density at radius 3 is 2.85 bits per heavy atom. The second-order valence-electron chi connectivity index (χ2n) is 5.52. The second-order valence-corrected chi connectivity index (χ2v) is 6.38. The molecule has 0 saturated heterocycles. The van der Waals surface area contributed by atoms with E-state index in [2.05, 4.69) is 15.3 Å². The van der Waals surface area contributed by atoms with Crippen molar-refractivity contribution in [1.29, 1.82) is 0 Å². The summed E-state index contributed by atoms with van der Waals surface area (Å²) in [5.41, 5.74) is 1.30. The molecule has 7 nitrogen and oxygen atoms in total. The van der Waals surface area contributed by atoms with Crippen molar-refractivity contribution in [3.63, 3.8) is 0 Å². The molecular formula is C18H20N4O3S. The number of rotatable bonds is 8. The monoisotopic (exact) mass is 372 g/mol. The van der Waals surface area contributed by atoms with Gasteiger partial charge in [0.1, 0.15) is 10.7 Å². The van der Waals surface area contributed by atoms with E-state index in [0.29, 0.717) is 23.7 Å². The highest BCUT2D eigenvalue weighted by atomic mass is 32.1. The number of methoxy groups -OCH3 is 2. The first kappa shape index (κ1) is 17.9. The molecule has 3 rings (SSSR count). The summed E-state index contributed by atoms with van der Waals surface area (Å²) in [4.78, 5) is 20.7. The van der Waals surface area contributed by atoms with Gasteiger partial charge in [-0.3, -0.25) is 4.79 Å². The van der Waals surface area contributed by atoms with Gasteiger partial charge in [0.2, 0.25) is 0 Å². The van der Waals surface area contributed by atoms with Crippen LogP contribution in [0.2, 0.25) is 0 Å². The molecule has 0 aliphatic rings. The fourth-order valence-corrected chi connectivity index (χ4v) is 3.25. The van der Waals surface area contributed by atoms with Crippen LogP contribution in [0.4, 0.5) is 0 Å². The van der Waals surface area contributed by atoms with Crippen LogP contribution in [0, 0.1) is 0 Å². The number of hydrogen-bond acceptors (Lipinski definition) is 6. The van der Waals surface area contributed by atoms with E-state index in [4.69, 9.17) is 9.47 Å². The van der Waals surface area contributed by atoms with E-state index in [9.17, 15) is 4.79 Å². The molecule has 136 valence electrons. The lowest BCUT2D eigenvalue weighted by Crippen LogP contribution is -2.25. The average Bonchev–Trinajstić information content (AvgIpc) is 3.36. The molecule has 0 radical (unpaired) electrons. The van der Waals surface area contributed by atoms with E-state index in [1.807, 2.05) is 29.0 Å². The van der Waals surface area contributed by atoms with Crippen molar-refractivity contribution in [3.05, 3.63) is 48.0 Å². The van der Waals surface area contributed by atoms with Crippen LogP contribution in [0.15, 0.2) is 42.3 Å². The number of hydrogen-bond donors (Lipinski definition) is 1. The Balaban J connectivity index is 1.59. The van der Waals surface area contributed by atoms with Gasteiger partial charge in [-0.15, -0.1) is 11.3 Å². The largest absolute Gasteiger partial charge is 0.493 e. The molecule has 0 fully saturated rings. The number of nitrogens with zero attached hydrogens (tertiary/aromatic N) is 3. The molecule has 0 atom stereocenters. The number of amides is 1. The highest BCUT2D eigenvalue weighted by molar-refractivity contribution is 7.13. The third-order valence-electron chi connectivity index (χ3n) is 3.81. The summed E-state index contributed by atoms with van der Waals surface area (Å²) in [6.07, 6.45) is 6.23. The molecule has 2 aromatic heterocycles. The number of aryl methyl sites for hydroxylation is 1. The molecule has 3 aromatic rings. The third kappa shape index (κ3) is 4.20. The van der Waals surface area contributed by atoms with Gasteiger partial charge in [-0.25, -0.2) is 9.97 Å². The third-order valence-corrected chi connectivity index (χ3v) is 4.70. The molecule has 0 saturated carbocycles. The lowest BCUT2D eigenvalue weighted by molar-refractivity contribution is 0.0948. The first-order chi connectivity index (χ1) is 12.7.